The van der Waals surface area contributed by atoms with Crippen LogP contribution in [0.25, 0.3) is 0 Å². The fourth-order valence-corrected chi connectivity index (χ4v) is 7.16. The third-order valence-electron chi connectivity index (χ3n) is 8.84. The van der Waals surface area contributed by atoms with Crippen LogP contribution in [0.2, 0.25) is 0 Å². The number of carbonyl (C=O) groups excluding carboxylic acids is 3. The van der Waals surface area contributed by atoms with Gasteiger partial charge in [-0.05, 0) is 63.5 Å². The number of aryl methyl sites for hydroxylation is 2. The number of anilines is 1. The first kappa shape index (κ1) is 29.0. The zero-order valence-corrected chi connectivity index (χ0v) is 23.5. The summed E-state index contributed by atoms with van der Waals surface area (Å²) in [6.45, 7) is 13.6. The van der Waals surface area contributed by atoms with Crippen LogP contribution in [0.15, 0.2) is 43.5 Å². The number of nitrogens with zero attached hydrogens (tertiary/aromatic N) is 2. The van der Waals surface area contributed by atoms with Gasteiger partial charge in [0.1, 0.15) is 17.6 Å². The van der Waals surface area contributed by atoms with E-state index in [1.54, 1.807) is 11.0 Å². The molecule has 2 amide bonds. The number of para-hydroxylation sites is 1. The molecule has 8 heteroatoms. The first-order valence-corrected chi connectivity index (χ1v) is 14.1. The third-order valence-corrected chi connectivity index (χ3v) is 8.84. The van der Waals surface area contributed by atoms with Crippen molar-refractivity contribution >= 4 is 23.5 Å². The van der Waals surface area contributed by atoms with Gasteiger partial charge in [-0.3, -0.25) is 14.4 Å². The maximum Gasteiger partial charge on any atom is 0.312 e. The Morgan fingerprint density at radius 3 is 2.54 bits per heavy atom. The molecule has 3 fully saturated rings. The van der Waals surface area contributed by atoms with Crippen LogP contribution < -0.4 is 4.90 Å². The van der Waals surface area contributed by atoms with Crippen molar-refractivity contribution in [1.82, 2.24) is 4.90 Å². The van der Waals surface area contributed by atoms with Crippen LogP contribution in [-0.4, -0.2) is 71.3 Å². The summed E-state index contributed by atoms with van der Waals surface area (Å²) in [5.41, 5.74) is 0.604. The summed E-state index contributed by atoms with van der Waals surface area (Å²) in [5, 5.41) is 9.91. The van der Waals surface area contributed by atoms with Crippen molar-refractivity contribution in [2.75, 3.05) is 31.2 Å². The van der Waals surface area contributed by atoms with Gasteiger partial charge in [-0.15, -0.1) is 13.2 Å². The van der Waals surface area contributed by atoms with Crippen LogP contribution >= 0.6 is 0 Å². The number of esters is 1. The minimum Gasteiger partial charge on any atom is -0.465 e. The minimum absolute atomic E-state index is 0.0199. The minimum atomic E-state index is -1.16. The lowest BCUT2D eigenvalue weighted by Gasteiger charge is -2.37. The number of fused-ring (bicyclic) bond motifs is 1. The van der Waals surface area contributed by atoms with Crippen LogP contribution in [0, 0.1) is 25.7 Å². The molecule has 3 aliphatic rings. The van der Waals surface area contributed by atoms with Crippen LogP contribution in [0.5, 0.6) is 0 Å². The highest BCUT2D eigenvalue weighted by Gasteiger charge is 2.79. The van der Waals surface area contributed by atoms with E-state index in [-0.39, 0.29) is 38.1 Å². The number of ether oxygens (including phenoxy) is 2. The molecule has 1 aromatic carbocycles. The van der Waals surface area contributed by atoms with Gasteiger partial charge in [-0.1, -0.05) is 37.3 Å². The van der Waals surface area contributed by atoms with Crippen molar-refractivity contribution in [3.63, 3.8) is 0 Å². The highest BCUT2D eigenvalue weighted by atomic mass is 16.6. The Labute approximate surface area is 231 Å². The number of likely N-dealkylation sites (tertiary alicyclic amines) is 1. The van der Waals surface area contributed by atoms with Crippen molar-refractivity contribution in [3.8, 4) is 0 Å². The number of rotatable bonds is 13. The second-order valence-electron chi connectivity index (χ2n) is 11.0. The fourth-order valence-electron chi connectivity index (χ4n) is 7.16. The number of β-amino-alcohol motifs (C(OH)–C–C–N with tert-alkyl or cyclic N) is 1. The van der Waals surface area contributed by atoms with Gasteiger partial charge in [0.15, 0.2) is 0 Å². The maximum absolute atomic E-state index is 14.5. The van der Waals surface area contributed by atoms with Gasteiger partial charge in [0.2, 0.25) is 5.91 Å². The molecule has 3 saturated heterocycles. The predicted octanol–water partition coefficient (Wildman–Crippen LogP) is 3.87. The van der Waals surface area contributed by atoms with Gasteiger partial charge < -0.3 is 24.4 Å². The lowest BCUT2D eigenvalue weighted by atomic mass is 9.65. The molecule has 2 bridgehead atoms. The molecule has 39 heavy (non-hydrogen) atoms. The molecule has 1 aromatic rings. The van der Waals surface area contributed by atoms with Crippen LogP contribution in [-0.2, 0) is 23.9 Å². The van der Waals surface area contributed by atoms with E-state index in [2.05, 4.69) is 13.2 Å². The van der Waals surface area contributed by atoms with Gasteiger partial charge in [0.05, 0.1) is 24.7 Å². The van der Waals surface area contributed by atoms with Crippen LogP contribution in [0.4, 0.5) is 5.69 Å². The Morgan fingerprint density at radius 1 is 1.21 bits per heavy atom. The summed E-state index contributed by atoms with van der Waals surface area (Å²) in [5.74, 6) is -2.69. The monoisotopic (exact) mass is 538 g/mol. The standard InChI is InChI=1S/C31H42N2O6/c1-6-9-10-11-20-38-29(37)24-23-27(35)33(18-19-34)26(31(23)16-15-30(24,8-3)39-31)28(36)32(17-7-2)25-21(4)13-12-14-22(25)5/h6-7,12-14,23-24,26,34H,1-2,8-11,15-20H2,3-5H3/t23-,24+,26?,30-,31?/m0/s1. The number of benzene rings is 1. The zero-order chi connectivity index (χ0) is 28.4. The molecular weight excluding hydrogens is 496 g/mol. The normalized spacial score (nSPS) is 28.9. The van der Waals surface area contributed by atoms with E-state index < -0.39 is 35.0 Å². The van der Waals surface area contributed by atoms with E-state index in [0.29, 0.717) is 25.7 Å². The number of aliphatic hydroxyl groups is 1. The molecule has 0 aromatic heterocycles. The zero-order valence-electron chi connectivity index (χ0n) is 23.5. The fraction of sp³-hybridized carbons (Fsp3) is 0.581. The Bertz CT molecular complexity index is 1110. The number of hydrogen-bond donors (Lipinski definition) is 1. The summed E-state index contributed by atoms with van der Waals surface area (Å²) in [6.07, 6.45) is 7.48. The third kappa shape index (κ3) is 4.72. The molecule has 2 unspecified atom stereocenters. The Kier molecular flexibility index (Phi) is 8.66. The van der Waals surface area contributed by atoms with Gasteiger partial charge in [0.25, 0.3) is 5.91 Å². The van der Waals surface area contributed by atoms with Crippen molar-refractivity contribution in [3.05, 3.63) is 54.6 Å². The quantitative estimate of drug-likeness (QED) is 0.233. The molecule has 212 valence electrons. The average Bonchev–Trinajstić information content (AvgIpc) is 3.51. The van der Waals surface area contributed by atoms with Gasteiger partial charge in [0, 0.05) is 18.8 Å². The smallest absolute Gasteiger partial charge is 0.312 e. The first-order valence-electron chi connectivity index (χ1n) is 14.1. The SMILES string of the molecule is C=CCCCCOC(=O)[C@H]1[C@H]2C(=O)N(CCO)C(C(=O)N(CC=C)c3c(C)cccc3C)C23CC[C@]1(CC)O3. The molecule has 3 aliphatic heterocycles. The molecular formula is C31H42N2O6. The molecule has 5 atom stereocenters. The number of allylic oxidation sites excluding steroid dienone is 1. The van der Waals surface area contributed by atoms with E-state index in [1.165, 1.54) is 4.90 Å². The highest BCUT2D eigenvalue weighted by molar-refractivity contribution is 6.05. The molecule has 8 nitrogen and oxygen atoms in total. The lowest BCUT2D eigenvalue weighted by Crippen LogP contribution is -2.57. The van der Waals surface area contributed by atoms with E-state index in [9.17, 15) is 19.5 Å². The Balaban J connectivity index is 1.73. The summed E-state index contributed by atoms with van der Waals surface area (Å²) in [6, 6.07) is 4.86. The molecule has 3 heterocycles. The number of hydrogen-bond acceptors (Lipinski definition) is 6. The summed E-state index contributed by atoms with van der Waals surface area (Å²) in [7, 11) is 0. The van der Waals surface area contributed by atoms with Crippen LogP contribution in [0.1, 0.15) is 56.6 Å². The number of aliphatic hydroxyl groups excluding tert-OH is 1. The van der Waals surface area contributed by atoms with E-state index >= 15 is 0 Å². The number of carbonyl (C=O) groups is 3. The predicted molar refractivity (Wildman–Crippen MR) is 149 cm³/mol. The van der Waals surface area contributed by atoms with Gasteiger partial charge in [-0.25, -0.2) is 0 Å². The first-order chi connectivity index (χ1) is 18.7. The second-order valence-corrected chi connectivity index (χ2v) is 11.0. The summed E-state index contributed by atoms with van der Waals surface area (Å²) >= 11 is 0. The highest BCUT2D eigenvalue weighted by Crippen LogP contribution is 2.64. The molecule has 1 N–H and O–H groups in total. The van der Waals surface area contributed by atoms with Crippen molar-refractivity contribution in [2.24, 2.45) is 11.8 Å². The van der Waals surface area contributed by atoms with Crippen molar-refractivity contribution in [2.45, 2.75) is 76.5 Å². The molecule has 0 saturated carbocycles. The summed E-state index contributed by atoms with van der Waals surface area (Å²) < 4.78 is 12.5. The Hall–Kier alpha value is -2.97. The largest absolute Gasteiger partial charge is 0.465 e. The number of amides is 2. The Morgan fingerprint density at radius 2 is 1.92 bits per heavy atom. The second kappa shape index (κ2) is 11.6. The van der Waals surface area contributed by atoms with Gasteiger partial charge >= 0.3 is 5.97 Å². The molecule has 4 rings (SSSR count). The van der Waals surface area contributed by atoms with E-state index in [4.69, 9.17) is 9.47 Å². The van der Waals surface area contributed by atoms with Crippen molar-refractivity contribution in [1.29, 1.82) is 0 Å². The molecule has 0 aliphatic carbocycles. The van der Waals surface area contributed by atoms with Crippen molar-refractivity contribution < 1.29 is 29.0 Å². The van der Waals surface area contributed by atoms with E-state index in [0.717, 1.165) is 29.7 Å². The molecule has 0 radical (unpaired) electrons. The average molecular weight is 539 g/mol. The lowest BCUT2D eigenvalue weighted by molar-refractivity contribution is -0.161. The van der Waals surface area contributed by atoms with Gasteiger partial charge in [-0.2, -0.15) is 0 Å². The topological polar surface area (TPSA) is 96.4 Å². The van der Waals surface area contributed by atoms with Crippen LogP contribution in [0.3, 0.4) is 0 Å². The van der Waals surface area contributed by atoms with E-state index in [1.807, 2.05) is 45.0 Å². The number of unbranched alkanes of at least 4 members (excludes halogenated alkanes) is 2. The maximum atomic E-state index is 14.5. The summed E-state index contributed by atoms with van der Waals surface area (Å²) in [4.78, 5) is 45.2. The molecule has 1 spiro atoms.